The normalized spacial score (nSPS) is 17.1. The first-order chi connectivity index (χ1) is 9.80. The van der Waals surface area contributed by atoms with Gasteiger partial charge in [0.2, 0.25) is 0 Å². The van der Waals surface area contributed by atoms with E-state index in [1.54, 1.807) is 0 Å². The van der Waals surface area contributed by atoms with E-state index in [-0.39, 0.29) is 23.1 Å². The summed E-state index contributed by atoms with van der Waals surface area (Å²) in [6.07, 6.45) is -4.19. The highest BCUT2D eigenvalue weighted by molar-refractivity contribution is 7.18. The highest BCUT2D eigenvalue weighted by atomic mass is 35.5. The zero-order valence-corrected chi connectivity index (χ0v) is 12.7. The van der Waals surface area contributed by atoms with Crippen LogP contribution in [0.2, 0.25) is 5.15 Å². The van der Waals surface area contributed by atoms with Crippen molar-refractivity contribution >= 4 is 34.0 Å². The number of hydrogen-bond acceptors (Lipinski definition) is 6. The molecule has 0 unspecified atom stereocenters. The van der Waals surface area contributed by atoms with Gasteiger partial charge in [0.25, 0.3) is 0 Å². The lowest BCUT2D eigenvalue weighted by molar-refractivity contribution is -0.146. The minimum atomic E-state index is -4.19. The molecule has 1 saturated heterocycles. The number of thiazole rings is 1. The molecule has 0 saturated carbocycles. The topological polar surface area (TPSA) is 45.7 Å². The van der Waals surface area contributed by atoms with Crippen LogP contribution in [-0.2, 0) is 4.74 Å². The molecule has 1 fully saturated rings. The van der Waals surface area contributed by atoms with Gasteiger partial charge in [0.05, 0.1) is 13.7 Å². The number of carbonyl (C=O) groups excluding carboxylic acids is 1. The predicted octanol–water partition coefficient (Wildman–Crippen LogP) is 2.27. The Hall–Kier alpha value is -1.06. The van der Waals surface area contributed by atoms with Crippen LogP contribution in [0.3, 0.4) is 0 Å². The number of esters is 1. The maximum absolute atomic E-state index is 12.3. The molecule has 1 aromatic heterocycles. The molecule has 2 heterocycles. The van der Waals surface area contributed by atoms with E-state index in [2.05, 4.69) is 9.72 Å². The van der Waals surface area contributed by atoms with Gasteiger partial charge in [-0.1, -0.05) is 22.9 Å². The third-order valence-corrected chi connectivity index (χ3v) is 4.47. The van der Waals surface area contributed by atoms with Crippen LogP contribution >= 0.6 is 22.9 Å². The van der Waals surface area contributed by atoms with Crippen LogP contribution in [0.15, 0.2) is 0 Å². The number of alkyl halides is 3. The zero-order valence-electron chi connectivity index (χ0n) is 11.1. The first kappa shape index (κ1) is 16.3. The molecular weight excluding hydrogens is 331 g/mol. The van der Waals surface area contributed by atoms with Crippen LogP contribution in [0.25, 0.3) is 0 Å². The van der Waals surface area contributed by atoms with Crippen molar-refractivity contribution in [3.63, 3.8) is 0 Å². The first-order valence-electron chi connectivity index (χ1n) is 6.09. The monoisotopic (exact) mass is 343 g/mol. The van der Waals surface area contributed by atoms with Crippen LogP contribution in [0.1, 0.15) is 9.67 Å². The van der Waals surface area contributed by atoms with Crippen LogP contribution in [0.5, 0.6) is 0 Å². The molecule has 0 atom stereocenters. The lowest BCUT2D eigenvalue weighted by atomic mass is 10.3. The Morgan fingerprint density at radius 2 is 2.00 bits per heavy atom. The molecule has 0 amide bonds. The molecule has 0 spiro atoms. The van der Waals surface area contributed by atoms with Crippen LogP contribution in [0.4, 0.5) is 18.3 Å². The second-order valence-electron chi connectivity index (χ2n) is 4.49. The molecule has 118 valence electrons. The Balaban J connectivity index is 1.98. The van der Waals surface area contributed by atoms with E-state index in [1.807, 2.05) is 4.90 Å². The van der Waals surface area contributed by atoms with Gasteiger partial charge in [0, 0.05) is 26.2 Å². The maximum atomic E-state index is 12.3. The molecule has 21 heavy (non-hydrogen) atoms. The van der Waals surface area contributed by atoms with Gasteiger partial charge >= 0.3 is 12.1 Å². The van der Waals surface area contributed by atoms with Crippen molar-refractivity contribution < 1.29 is 22.7 Å². The number of ether oxygens (including phenoxy) is 1. The fourth-order valence-corrected chi connectivity index (χ4v) is 3.25. The third kappa shape index (κ3) is 4.21. The average Bonchev–Trinajstić information content (AvgIpc) is 2.79. The summed E-state index contributed by atoms with van der Waals surface area (Å²) >= 11 is 6.95. The first-order valence-corrected chi connectivity index (χ1v) is 7.28. The summed E-state index contributed by atoms with van der Waals surface area (Å²) in [4.78, 5) is 18.9. The third-order valence-electron chi connectivity index (χ3n) is 2.99. The SMILES string of the molecule is COC(=O)c1sc(N2CCN(CC(F)(F)F)CC2)nc1Cl. The maximum Gasteiger partial charge on any atom is 0.401 e. The lowest BCUT2D eigenvalue weighted by Crippen LogP contribution is -2.49. The van der Waals surface area contributed by atoms with Gasteiger partial charge in [0.1, 0.15) is 0 Å². The van der Waals surface area contributed by atoms with E-state index in [0.29, 0.717) is 18.2 Å². The number of carbonyl (C=O) groups is 1. The molecular formula is C11H13ClF3N3O2S. The summed E-state index contributed by atoms with van der Waals surface area (Å²) in [6.45, 7) is 0.461. The van der Waals surface area contributed by atoms with Gasteiger partial charge in [-0.3, -0.25) is 4.90 Å². The number of piperazine rings is 1. The van der Waals surface area contributed by atoms with Crippen molar-refractivity contribution in [1.29, 1.82) is 0 Å². The van der Waals surface area contributed by atoms with Crippen molar-refractivity contribution in [2.24, 2.45) is 0 Å². The molecule has 0 aromatic carbocycles. The lowest BCUT2D eigenvalue weighted by Gasteiger charge is -2.34. The zero-order chi connectivity index (χ0) is 15.6. The number of nitrogens with zero attached hydrogens (tertiary/aromatic N) is 3. The predicted molar refractivity (Wildman–Crippen MR) is 73.2 cm³/mol. The smallest absolute Gasteiger partial charge is 0.401 e. The van der Waals surface area contributed by atoms with Gasteiger partial charge in [-0.25, -0.2) is 9.78 Å². The Labute approximate surface area is 128 Å². The van der Waals surface area contributed by atoms with Crippen LogP contribution < -0.4 is 4.90 Å². The molecule has 0 radical (unpaired) electrons. The molecule has 0 N–H and O–H groups in total. The highest BCUT2D eigenvalue weighted by Gasteiger charge is 2.32. The van der Waals surface area contributed by atoms with Gasteiger partial charge in [-0.15, -0.1) is 0 Å². The summed E-state index contributed by atoms with van der Waals surface area (Å²) in [5.74, 6) is -0.570. The standard InChI is InChI=1S/C11H13ClF3N3O2S/c1-20-9(19)7-8(12)16-10(21-7)18-4-2-17(3-5-18)6-11(13,14)15/h2-6H2,1H3. The van der Waals surface area contributed by atoms with Gasteiger partial charge < -0.3 is 9.64 Å². The summed E-state index contributed by atoms with van der Waals surface area (Å²) < 4.78 is 41.5. The van der Waals surface area contributed by atoms with E-state index in [9.17, 15) is 18.0 Å². The average molecular weight is 344 g/mol. The minimum absolute atomic E-state index is 0.0552. The van der Waals surface area contributed by atoms with E-state index >= 15 is 0 Å². The Morgan fingerprint density at radius 1 is 1.38 bits per heavy atom. The summed E-state index contributed by atoms with van der Waals surface area (Å²) in [5, 5.41) is 0.576. The van der Waals surface area contributed by atoms with E-state index in [1.165, 1.54) is 12.0 Å². The number of aromatic nitrogens is 1. The van der Waals surface area contributed by atoms with E-state index in [4.69, 9.17) is 11.6 Å². The van der Waals surface area contributed by atoms with Gasteiger partial charge in [-0.05, 0) is 0 Å². The number of anilines is 1. The van der Waals surface area contributed by atoms with Gasteiger partial charge in [0.15, 0.2) is 15.2 Å². The van der Waals surface area contributed by atoms with Crippen molar-refractivity contribution in [1.82, 2.24) is 9.88 Å². The molecule has 2 rings (SSSR count). The number of methoxy groups -OCH3 is 1. The minimum Gasteiger partial charge on any atom is -0.465 e. The largest absolute Gasteiger partial charge is 0.465 e. The fourth-order valence-electron chi connectivity index (χ4n) is 2.00. The quantitative estimate of drug-likeness (QED) is 0.788. The summed E-state index contributed by atoms with van der Waals surface area (Å²) in [5.41, 5.74) is 0. The van der Waals surface area contributed by atoms with Crippen molar-refractivity contribution in [3.05, 3.63) is 10.0 Å². The van der Waals surface area contributed by atoms with E-state index in [0.717, 1.165) is 11.3 Å². The highest BCUT2D eigenvalue weighted by Crippen LogP contribution is 2.31. The number of hydrogen-bond donors (Lipinski definition) is 0. The molecule has 10 heteroatoms. The molecule has 0 aliphatic carbocycles. The summed E-state index contributed by atoms with van der Waals surface area (Å²) in [6, 6.07) is 0. The molecule has 1 aromatic rings. The molecule has 5 nitrogen and oxygen atoms in total. The Morgan fingerprint density at radius 3 is 2.52 bits per heavy atom. The second-order valence-corrected chi connectivity index (χ2v) is 5.82. The number of halogens is 4. The Kier molecular flexibility index (Phi) is 4.95. The number of rotatable bonds is 3. The van der Waals surface area contributed by atoms with Gasteiger partial charge in [-0.2, -0.15) is 13.2 Å². The van der Waals surface area contributed by atoms with Crippen molar-refractivity contribution in [2.45, 2.75) is 6.18 Å². The second kappa shape index (κ2) is 6.37. The molecule has 0 bridgehead atoms. The Bertz CT molecular complexity index is 515. The van der Waals surface area contributed by atoms with Crippen molar-refractivity contribution in [2.75, 3.05) is 44.7 Å². The van der Waals surface area contributed by atoms with Crippen LogP contribution in [0, 0.1) is 0 Å². The van der Waals surface area contributed by atoms with Crippen LogP contribution in [-0.4, -0.2) is 61.9 Å². The molecule has 1 aliphatic rings. The van der Waals surface area contributed by atoms with Crippen molar-refractivity contribution in [3.8, 4) is 0 Å². The van der Waals surface area contributed by atoms with E-state index < -0.39 is 18.7 Å². The summed E-state index contributed by atoms with van der Waals surface area (Å²) in [7, 11) is 1.24. The molecule has 1 aliphatic heterocycles. The fraction of sp³-hybridized carbons (Fsp3) is 0.636.